The monoisotopic (exact) mass is 384 g/mol. The smallest absolute Gasteiger partial charge is 0.159 e. The number of fused-ring (bicyclic) bond motifs is 3. The van der Waals surface area contributed by atoms with E-state index in [0.29, 0.717) is 17.4 Å². The Morgan fingerprint density at radius 3 is 2.77 bits per heavy atom. The van der Waals surface area contributed by atoms with E-state index in [1.54, 1.807) is 0 Å². The molecule has 0 fully saturated rings. The Morgan fingerprint density at radius 1 is 1.15 bits per heavy atom. The molecule has 0 spiro atoms. The predicted octanol–water partition coefficient (Wildman–Crippen LogP) is 5.13. The average Bonchev–Trinajstić information content (AvgIpc) is 3.00. The SMILES string of the molecule is CCc1cccc(C2=NCc3nnc(C(C)Cl)n3-c3ccc(Cl)cc32)c1. The second kappa shape index (κ2) is 6.86. The second-order valence-electron chi connectivity index (χ2n) is 6.31. The molecule has 26 heavy (non-hydrogen) atoms. The number of hydrogen-bond donors (Lipinski definition) is 0. The van der Waals surface area contributed by atoms with Gasteiger partial charge in [-0.2, -0.15) is 0 Å². The van der Waals surface area contributed by atoms with Crippen molar-refractivity contribution in [1.29, 1.82) is 0 Å². The highest BCUT2D eigenvalue weighted by Gasteiger charge is 2.24. The van der Waals surface area contributed by atoms with Gasteiger partial charge in [0.05, 0.1) is 16.8 Å². The molecule has 2 heterocycles. The van der Waals surface area contributed by atoms with Crippen molar-refractivity contribution in [3.63, 3.8) is 0 Å². The Bertz CT molecular complexity index is 1000. The maximum Gasteiger partial charge on any atom is 0.159 e. The molecule has 132 valence electrons. The van der Waals surface area contributed by atoms with Crippen LogP contribution in [0, 0.1) is 0 Å². The van der Waals surface area contributed by atoms with Gasteiger partial charge in [-0.15, -0.1) is 21.8 Å². The number of aromatic nitrogens is 3. The lowest BCUT2D eigenvalue weighted by Crippen LogP contribution is -2.10. The fraction of sp³-hybridized carbons (Fsp3) is 0.250. The van der Waals surface area contributed by atoms with Crippen LogP contribution in [0.2, 0.25) is 5.02 Å². The molecular weight excluding hydrogens is 367 g/mol. The van der Waals surface area contributed by atoms with E-state index in [1.165, 1.54) is 5.56 Å². The van der Waals surface area contributed by atoms with Crippen LogP contribution in [0.5, 0.6) is 0 Å². The van der Waals surface area contributed by atoms with Crippen molar-refractivity contribution in [2.24, 2.45) is 4.99 Å². The van der Waals surface area contributed by atoms with Crippen LogP contribution >= 0.6 is 23.2 Å². The van der Waals surface area contributed by atoms with Crippen molar-refractivity contribution in [1.82, 2.24) is 14.8 Å². The van der Waals surface area contributed by atoms with Crippen LogP contribution in [0.15, 0.2) is 47.5 Å². The van der Waals surface area contributed by atoms with Gasteiger partial charge in [0.25, 0.3) is 0 Å². The number of aliphatic imine (C=N–C) groups is 1. The second-order valence-corrected chi connectivity index (χ2v) is 7.40. The Morgan fingerprint density at radius 2 is 2.00 bits per heavy atom. The zero-order valence-electron chi connectivity index (χ0n) is 14.6. The number of halogens is 2. The average molecular weight is 385 g/mol. The highest BCUT2D eigenvalue weighted by Crippen LogP contribution is 2.31. The lowest BCUT2D eigenvalue weighted by molar-refractivity contribution is 0.827. The lowest BCUT2D eigenvalue weighted by atomic mass is 9.98. The third-order valence-corrected chi connectivity index (χ3v) is 4.98. The topological polar surface area (TPSA) is 43.1 Å². The fourth-order valence-electron chi connectivity index (χ4n) is 3.27. The standard InChI is InChI=1S/C20H18Cl2N4/c1-3-13-5-4-6-14(9-13)19-16-10-15(22)7-8-17(16)26-18(11-23-19)24-25-20(26)12(2)21/h4-10,12H,3,11H2,1-2H3. The van der Waals surface area contributed by atoms with Gasteiger partial charge in [0.1, 0.15) is 6.54 Å². The maximum absolute atomic E-state index is 6.34. The van der Waals surface area contributed by atoms with Crippen molar-refractivity contribution < 1.29 is 0 Å². The van der Waals surface area contributed by atoms with Crippen LogP contribution < -0.4 is 0 Å². The van der Waals surface area contributed by atoms with E-state index in [1.807, 2.05) is 29.7 Å². The summed E-state index contributed by atoms with van der Waals surface area (Å²) >= 11 is 12.7. The summed E-state index contributed by atoms with van der Waals surface area (Å²) in [6.07, 6.45) is 0.975. The quantitative estimate of drug-likeness (QED) is 0.587. The molecule has 1 unspecified atom stereocenters. The number of alkyl halides is 1. The van der Waals surface area contributed by atoms with Crippen LogP contribution in [0.4, 0.5) is 0 Å². The fourth-order valence-corrected chi connectivity index (χ4v) is 3.58. The molecule has 0 N–H and O–H groups in total. The third kappa shape index (κ3) is 2.93. The van der Waals surface area contributed by atoms with Gasteiger partial charge in [0.2, 0.25) is 0 Å². The maximum atomic E-state index is 6.34. The van der Waals surface area contributed by atoms with Crippen LogP contribution in [0.1, 0.15) is 47.6 Å². The molecule has 1 aliphatic rings. The van der Waals surface area contributed by atoms with Gasteiger partial charge in [0, 0.05) is 16.1 Å². The van der Waals surface area contributed by atoms with Gasteiger partial charge < -0.3 is 0 Å². The van der Waals surface area contributed by atoms with Crippen LogP contribution in [0.3, 0.4) is 0 Å². The molecule has 0 saturated carbocycles. The molecule has 0 amide bonds. The summed E-state index contributed by atoms with van der Waals surface area (Å²) < 4.78 is 2.00. The minimum atomic E-state index is -0.259. The van der Waals surface area contributed by atoms with E-state index < -0.39 is 0 Å². The molecule has 0 radical (unpaired) electrons. The molecule has 1 atom stereocenters. The third-order valence-electron chi connectivity index (χ3n) is 4.55. The summed E-state index contributed by atoms with van der Waals surface area (Å²) in [5.74, 6) is 1.49. The summed E-state index contributed by atoms with van der Waals surface area (Å²) in [6.45, 7) is 4.48. The zero-order chi connectivity index (χ0) is 18.3. The predicted molar refractivity (Wildman–Crippen MR) is 106 cm³/mol. The Balaban J connectivity index is 1.96. The number of benzene rings is 2. The van der Waals surface area contributed by atoms with Crippen molar-refractivity contribution in [2.75, 3.05) is 0 Å². The molecule has 2 aromatic carbocycles. The highest BCUT2D eigenvalue weighted by molar-refractivity contribution is 6.31. The van der Waals surface area contributed by atoms with E-state index in [0.717, 1.165) is 34.8 Å². The largest absolute Gasteiger partial charge is 0.279 e. The van der Waals surface area contributed by atoms with Gasteiger partial charge in [-0.25, -0.2) is 0 Å². The lowest BCUT2D eigenvalue weighted by Gasteiger charge is -2.15. The van der Waals surface area contributed by atoms with Crippen molar-refractivity contribution >= 4 is 28.9 Å². The molecule has 1 aromatic heterocycles. The van der Waals surface area contributed by atoms with Crippen LogP contribution in [0.25, 0.3) is 5.69 Å². The molecule has 0 saturated heterocycles. The number of hydrogen-bond acceptors (Lipinski definition) is 3. The highest BCUT2D eigenvalue weighted by atomic mass is 35.5. The molecule has 4 nitrogen and oxygen atoms in total. The molecule has 6 heteroatoms. The number of rotatable bonds is 3. The number of aryl methyl sites for hydroxylation is 1. The van der Waals surface area contributed by atoms with E-state index in [2.05, 4.69) is 41.4 Å². The molecule has 0 aliphatic carbocycles. The van der Waals surface area contributed by atoms with E-state index in [-0.39, 0.29) is 5.38 Å². The minimum Gasteiger partial charge on any atom is -0.279 e. The van der Waals surface area contributed by atoms with Crippen LogP contribution in [-0.4, -0.2) is 20.5 Å². The summed E-state index contributed by atoms with van der Waals surface area (Å²) in [7, 11) is 0. The molecule has 4 rings (SSSR count). The Hall–Kier alpha value is -2.17. The first kappa shape index (κ1) is 17.3. The Kier molecular flexibility index (Phi) is 4.55. The molecule has 1 aliphatic heterocycles. The van der Waals surface area contributed by atoms with Gasteiger partial charge in [0.15, 0.2) is 11.6 Å². The molecular formula is C20H18Cl2N4. The number of nitrogens with zero attached hydrogens (tertiary/aromatic N) is 4. The van der Waals surface area contributed by atoms with Crippen LogP contribution in [-0.2, 0) is 13.0 Å². The van der Waals surface area contributed by atoms with Crippen molar-refractivity contribution in [2.45, 2.75) is 32.2 Å². The summed E-state index contributed by atoms with van der Waals surface area (Å²) in [5.41, 5.74) is 5.17. The summed E-state index contributed by atoms with van der Waals surface area (Å²) in [6, 6.07) is 14.3. The Labute approximate surface area is 162 Å². The summed E-state index contributed by atoms with van der Waals surface area (Å²) in [5, 5.41) is 8.98. The molecule has 0 bridgehead atoms. The van der Waals surface area contributed by atoms with Crippen molar-refractivity contribution in [3.8, 4) is 5.69 Å². The van der Waals surface area contributed by atoms with Gasteiger partial charge in [-0.05, 0) is 43.2 Å². The van der Waals surface area contributed by atoms with Gasteiger partial charge >= 0.3 is 0 Å². The zero-order valence-corrected chi connectivity index (χ0v) is 16.1. The normalized spacial score (nSPS) is 14.2. The van der Waals surface area contributed by atoms with E-state index >= 15 is 0 Å². The minimum absolute atomic E-state index is 0.259. The summed E-state index contributed by atoms with van der Waals surface area (Å²) in [4.78, 5) is 4.86. The van der Waals surface area contributed by atoms with Gasteiger partial charge in [-0.1, -0.05) is 36.7 Å². The van der Waals surface area contributed by atoms with Gasteiger partial charge in [-0.3, -0.25) is 9.56 Å². The first-order valence-corrected chi connectivity index (χ1v) is 9.42. The first-order chi connectivity index (χ1) is 12.6. The van der Waals surface area contributed by atoms with Crippen molar-refractivity contribution in [3.05, 3.63) is 75.8 Å². The molecule has 3 aromatic rings. The van der Waals surface area contributed by atoms with E-state index in [9.17, 15) is 0 Å². The first-order valence-electron chi connectivity index (χ1n) is 8.60. The van der Waals surface area contributed by atoms with E-state index in [4.69, 9.17) is 28.2 Å².